The van der Waals surface area contributed by atoms with Crippen LogP contribution in [0.15, 0.2) is 18.5 Å². The Morgan fingerprint density at radius 1 is 1.00 bits per heavy atom. The van der Waals surface area contributed by atoms with Gasteiger partial charge in [-0.15, -0.1) is 10.2 Å². The van der Waals surface area contributed by atoms with Crippen molar-refractivity contribution in [2.45, 2.75) is 51.2 Å². The second-order valence-electron chi connectivity index (χ2n) is 8.14. The summed E-state index contributed by atoms with van der Waals surface area (Å²) < 4.78 is 73.1. The predicted molar refractivity (Wildman–Crippen MR) is 112 cm³/mol. The molecule has 2 aliphatic heterocycles. The molecule has 17 heteroatoms. The molecule has 0 bridgehead atoms. The maximum absolute atomic E-state index is 10.6. The fraction of sp³-hybridized carbons (Fsp3) is 0.650. The van der Waals surface area contributed by atoms with E-state index in [2.05, 4.69) is 24.8 Å². The molecule has 0 aliphatic carbocycles. The van der Waals surface area contributed by atoms with Gasteiger partial charge < -0.3 is 19.5 Å². The van der Waals surface area contributed by atoms with E-state index >= 15 is 0 Å². The number of carboxylic acid groups (broad SMARTS) is 2. The quantitative estimate of drug-likeness (QED) is 0.557. The second kappa shape index (κ2) is 13.4. The zero-order chi connectivity index (χ0) is 27.6. The normalized spacial score (nSPS) is 16.9. The highest BCUT2D eigenvalue weighted by molar-refractivity contribution is 5.73. The van der Waals surface area contributed by atoms with Gasteiger partial charge in [-0.3, -0.25) is 9.58 Å². The minimum absolute atomic E-state index is 0.694. The molecule has 2 aliphatic rings. The molecular formula is C20H26F6N6O5. The molecule has 208 valence electrons. The first-order valence-electron chi connectivity index (χ1n) is 11.1. The fourth-order valence-electron chi connectivity index (χ4n) is 3.58. The van der Waals surface area contributed by atoms with Gasteiger partial charge in [0, 0.05) is 45.2 Å². The van der Waals surface area contributed by atoms with Crippen LogP contribution in [0.1, 0.15) is 30.9 Å². The summed E-state index contributed by atoms with van der Waals surface area (Å²) >= 11 is 0. The number of fused-ring (bicyclic) bond motifs is 1. The van der Waals surface area contributed by atoms with E-state index in [1.54, 1.807) is 6.20 Å². The summed E-state index contributed by atoms with van der Waals surface area (Å²) in [5.41, 5.74) is 0. The van der Waals surface area contributed by atoms with E-state index in [9.17, 15) is 26.3 Å². The van der Waals surface area contributed by atoms with Gasteiger partial charge >= 0.3 is 24.3 Å². The summed E-state index contributed by atoms with van der Waals surface area (Å²) in [5.74, 6) is -2.64. The van der Waals surface area contributed by atoms with Crippen molar-refractivity contribution in [1.82, 2.24) is 29.4 Å². The predicted octanol–water partition coefficient (Wildman–Crippen LogP) is 2.42. The largest absolute Gasteiger partial charge is 0.490 e. The fourth-order valence-corrected chi connectivity index (χ4v) is 3.58. The lowest BCUT2D eigenvalue weighted by molar-refractivity contribution is -0.193. The lowest BCUT2D eigenvalue weighted by Crippen LogP contribution is -2.32. The van der Waals surface area contributed by atoms with Crippen LogP contribution in [0, 0.1) is 5.92 Å². The molecule has 37 heavy (non-hydrogen) atoms. The van der Waals surface area contributed by atoms with Crippen LogP contribution >= 0.6 is 0 Å². The minimum Gasteiger partial charge on any atom is -0.475 e. The van der Waals surface area contributed by atoms with E-state index in [0.717, 1.165) is 63.4 Å². The summed E-state index contributed by atoms with van der Waals surface area (Å²) in [5, 5.41) is 27.4. The minimum atomic E-state index is -5.08. The molecule has 11 nitrogen and oxygen atoms in total. The maximum atomic E-state index is 10.6. The van der Waals surface area contributed by atoms with E-state index < -0.39 is 24.3 Å². The van der Waals surface area contributed by atoms with Crippen LogP contribution in [-0.4, -0.2) is 90.3 Å². The smallest absolute Gasteiger partial charge is 0.475 e. The highest BCUT2D eigenvalue weighted by Gasteiger charge is 2.38. The van der Waals surface area contributed by atoms with Gasteiger partial charge in [0.15, 0.2) is 5.82 Å². The molecule has 0 spiro atoms. The molecule has 2 N–H and O–H groups in total. The molecule has 2 aromatic rings. The molecule has 2 aromatic heterocycles. The van der Waals surface area contributed by atoms with Crippen molar-refractivity contribution < 1.29 is 50.9 Å². The molecule has 0 atom stereocenters. The number of carbonyl (C=O) groups is 2. The molecule has 0 amide bonds. The lowest BCUT2D eigenvalue weighted by Gasteiger charge is -2.28. The molecule has 0 radical (unpaired) electrons. The third kappa shape index (κ3) is 10.4. The topological polar surface area (TPSA) is 136 Å². The number of rotatable bonds is 4. The number of ether oxygens (including phenoxy) is 1. The Bertz CT molecular complexity index is 965. The Labute approximate surface area is 206 Å². The van der Waals surface area contributed by atoms with Gasteiger partial charge in [0.05, 0.1) is 6.54 Å². The number of aromatic nitrogens is 5. The first-order chi connectivity index (χ1) is 17.3. The monoisotopic (exact) mass is 544 g/mol. The van der Waals surface area contributed by atoms with Gasteiger partial charge in [-0.1, -0.05) is 0 Å². The summed E-state index contributed by atoms with van der Waals surface area (Å²) in [6, 6.07) is 1.94. The van der Waals surface area contributed by atoms with Crippen LogP contribution in [0.3, 0.4) is 0 Å². The van der Waals surface area contributed by atoms with Crippen LogP contribution in [0.25, 0.3) is 0 Å². The number of carboxylic acids is 2. The number of hydrogen-bond donors (Lipinski definition) is 2. The molecular weight excluding hydrogens is 518 g/mol. The lowest BCUT2D eigenvalue weighted by atomic mass is 9.99. The number of halogens is 6. The molecule has 1 saturated heterocycles. The Hall–Kier alpha value is -3.21. The van der Waals surface area contributed by atoms with Crippen molar-refractivity contribution in [3.63, 3.8) is 0 Å². The van der Waals surface area contributed by atoms with Crippen molar-refractivity contribution in [3.8, 4) is 0 Å². The number of aliphatic carboxylic acids is 2. The Kier molecular flexibility index (Phi) is 10.8. The van der Waals surface area contributed by atoms with Crippen LogP contribution in [-0.2, 0) is 34.0 Å². The highest BCUT2D eigenvalue weighted by Crippen LogP contribution is 2.20. The zero-order valence-corrected chi connectivity index (χ0v) is 19.5. The van der Waals surface area contributed by atoms with E-state index in [-0.39, 0.29) is 0 Å². The summed E-state index contributed by atoms with van der Waals surface area (Å²) in [4.78, 5) is 20.3. The third-order valence-corrected chi connectivity index (χ3v) is 5.33. The Morgan fingerprint density at radius 2 is 1.59 bits per heavy atom. The molecule has 0 saturated carbocycles. The van der Waals surface area contributed by atoms with Gasteiger partial charge in [0.1, 0.15) is 12.4 Å². The first kappa shape index (κ1) is 30.0. The first-order valence-corrected chi connectivity index (χ1v) is 11.1. The van der Waals surface area contributed by atoms with E-state index in [4.69, 9.17) is 24.5 Å². The molecule has 0 aromatic carbocycles. The van der Waals surface area contributed by atoms with Gasteiger partial charge in [-0.2, -0.15) is 31.4 Å². The highest BCUT2D eigenvalue weighted by atomic mass is 19.4. The van der Waals surface area contributed by atoms with E-state index in [1.165, 1.54) is 12.8 Å². The van der Waals surface area contributed by atoms with E-state index in [1.807, 2.05) is 16.9 Å². The number of nitrogens with zero attached hydrogens (tertiary/aromatic N) is 6. The van der Waals surface area contributed by atoms with Gasteiger partial charge in [-0.05, 0) is 31.2 Å². The maximum Gasteiger partial charge on any atom is 0.490 e. The summed E-state index contributed by atoms with van der Waals surface area (Å²) in [6.45, 7) is 6.74. The Morgan fingerprint density at radius 3 is 2.11 bits per heavy atom. The van der Waals surface area contributed by atoms with Crippen LogP contribution < -0.4 is 0 Å². The second-order valence-corrected chi connectivity index (χ2v) is 8.14. The van der Waals surface area contributed by atoms with Crippen LogP contribution in [0.2, 0.25) is 0 Å². The van der Waals surface area contributed by atoms with Gasteiger partial charge in [0.2, 0.25) is 0 Å². The van der Waals surface area contributed by atoms with Crippen LogP contribution in [0.4, 0.5) is 26.3 Å². The SMILES string of the molecule is O=C(O)C(F)(F)F.O=C(O)C(F)(F)F.c1cnn(Cc2nnc3n2CCCN(CC2CCOCC2)C3)c1. The molecule has 1 fully saturated rings. The van der Waals surface area contributed by atoms with Gasteiger partial charge in [-0.25, -0.2) is 9.59 Å². The Balaban J connectivity index is 0.000000286. The average Bonchev–Trinajstić information content (AvgIpc) is 3.40. The van der Waals surface area contributed by atoms with Gasteiger partial charge in [0.25, 0.3) is 0 Å². The van der Waals surface area contributed by atoms with Crippen molar-refractivity contribution in [2.24, 2.45) is 5.92 Å². The molecule has 4 heterocycles. The van der Waals surface area contributed by atoms with E-state index in [0.29, 0.717) is 6.54 Å². The zero-order valence-electron chi connectivity index (χ0n) is 19.5. The molecule has 4 rings (SSSR count). The third-order valence-electron chi connectivity index (χ3n) is 5.33. The number of hydrogen-bond acceptors (Lipinski definition) is 7. The average molecular weight is 544 g/mol. The summed E-state index contributed by atoms with van der Waals surface area (Å²) in [7, 11) is 0. The van der Waals surface area contributed by atoms with Crippen molar-refractivity contribution >= 4 is 11.9 Å². The summed E-state index contributed by atoms with van der Waals surface area (Å²) in [6.07, 6.45) is -2.87. The van der Waals surface area contributed by atoms with Crippen molar-refractivity contribution in [1.29, 1.82) is 0 Å². The van der Waals surface area contributed by atoms with Crippen LogP contribution in [0.5, 0.6) is 0 Å². The molecule has 0 unspecified atom stereocenters. The van der Waals surface area contributed by atoms with Crippen molar-refractivity contribution in [3.05, 3.63) is 30.1 Å². The standard InChI is InChI=1S/C16H24N6O.2C2HF3O2/c1-5-17-21(7-1)13-16-19-18-15-12-20(6-2-8-22(15)16)11-14-3-9-23-10-4-14;2*3-2(4,5)1(6)7/h1,5,7,14H,2-4,6,8-13H2;2*(H,6,7). The number of alkyl halides is 6. The van der Waals surface area contributed by atoms with Crippen molar-refractivity contribution in [2.75, 3.05) is 26.3 Å².